The van der Waals surface area contributed by atoms with Crippen molar-refractivity contribution in [2.24, 2.45) is 0 Å². The fourth-order valence-electron chi connectivity index (χ4n) is 3.63. The van der Waals surface area contributed by atoms with E-state index in [4.69, 9.17) is 16.3 Å². The van der Waals surface area contributed by atoms with E-state index in [1.807, 2.05) is 32.9 Å². The SMILES string of the molecule is CCC(C)N1CC(Oc2ccc([C@@H](CC)NS(=O)C(C)(C)C)c3cc(Cl)ncc23)C1. The average molecular weight is 452 g/mol. The number of fused-ring (bicyclic) bond motifs is 1. The summed E-state index contributed by atoms with van der Waals surface area (Å²) in [6, 6.07) is 6.51. The van der Waals surface area contributed by atoms with E-state index in [-0.39, 0.29) is 16.9 Å². The van der Waals surface area contributed by atoms with Gasteiger partial charge in [0.1, 0.15) is 17.0 Å². The third-order valence-corrected chi connectivity index (χ3v) is 7.65. The molecule has 1 fully saturated rings. The molecule has 3 rings (SSSR count). The van der Waals surface area contributed by atoms with Crippen LogP contribution in [0.5, 0.6) is 5.75 Å². The van der Waals surface area contributed by atoms with Gasteiger partial charge < -0.3 is 4.74 Å². The molecule has 1 saturated heterocycles. The highest BCUT2D eigenvalue weighted by atomic mass is 35.5. The summed E-state index contributed by atoms with van der Waals surface area (Å²) in [5.74, 6) is 0.832. The van der Waals surface area contributed by atoms with Gasteiger partial charge in [-0.25, -0.2) is 13.9 Å². The molecule has 30 heavy (non-hydrogen) atoms. The fraction of sp³-hybridized carbons (Fsp3) is 0.609. The van der Waals surface area contributed by atoms with E-state index in [0.717, 1.165) is 48.0 Å². The van der Waals surface area contributed by atoms with Gasteiger partial charge in [-0.05, 0) is 63.6 Å². The Kier molecular flexibility index (Phi) is 7.44. The van der Waals surface area contributed by atoms with Gasteiger partial charge in [0.25, 0.3) is 0 Å². The molecule has 7 heteroatoms. The first-order valence-electron chi connectivity index (χ1n) is 10.8. The first kappa shape index (κ1) is 23.5. The molecule has 0 amide bonds. The van der Waals surface area contributed by atoms with Crippen molar-refractivity contribution in [1.29, 1.82) is 0 Å². The second-order valence-electron chi connectivity index (χ2n) is 9.12. The summed E-state index contributed by atoms with van der Waals surface area (Å²) in [4.78, 5) is 6.74. The van der Waals surface area contributed by atoms with E-state index in [0.29, 0.717) is 11.2 Å². The minimum atomic E-state index is -1.17. The van der Waals surface area contributed by atoms with Crippen LogP contribution in [0.3, 0.4) is 0 Å². The highest BCUT2D eigenvalue weighted by molar-refractivity contribution is 7.84. The smallest absolute Gasteiger partial charge is 0.129 e. The number of nitrogens with one attached hydrogen (secondary N) is 1. The van der Waals surface area contributed by atoms with Crippen molar-refractivity contribution in [2.45, 2.75) is 77.3 Å². The van der Waals surface area contributed by atoms with Gasteiger partial charge in [-0.15, -0.1) is 0 Å². The van der Waals surface area contributed by atoms with Gasteiger partial charge in [-0.3, -0.25) is 4.90 Å². The van der Waals surface area contributed by atoms with Crippen molar-refractivity contribution < 1.29 is 8.95 Å². The number of halogens is 1. The summed E-state index contributed by atoms with van der Waals surface area (Å²) >= 11 is 6.24. The van der Waals surface area contributed by atoms with Crippen LogP contribution in [-0.2, 0) is 11.0 Å². The van der Waals surface area contributed by atoms with E-state index in [1.54, 1.807) is 6.20 Å². The first-order chi connectivity index (χ1) is 14.1. The minimum Gasteiger partial charge on any atom is -0.487 e. The quantitative estimate of drug-likeness (QED) is 0.556. The van der Waals surface area contributed by atoms with Gasteiger partial charge >= 0.3 is 0 Å². The van der Waals surface area contributed by atoms with Gasteiger partial charge in [-0.1, -0.05) is 31.5 Å². The molecular weight excluding hydrogens is 418 g/mol. The van der Waals surface area contributed by atoms with Crippen LogP contribution in [0.15, 0.2) is 24.4 Å². The zero-order valence-electron chi connectivity index (χ0n) is 18.9. The predicted octanol–water partition coefficient (Wildman–Crippen LogP) is 5.25. The molecule has 0 saturated carbocycles. The average Bonchev–Trinajstić information content (AvgIpc) is 2.67. The van der Waals surface area contributed by atoms with E-state index < -0.39 is 11.0 Å². The summed E-state index contributed by atoms with van der Waals surface area (Å²) in [6.45, 7) is 14.4. The maximum Gasteiger partial charge on any atom is 0.129 e. The minimum absolute atomic E-state index is 0.0512. The second-order valence-corrected chi connectivity index (χ2v) is 11.5. The van der Waals surface area contributed by atoms with Gasteiger partial charge in [0.2, 0.25) is 0 Å². The lowest BCUT2D eigenvalue weighted by Crippen LogP contribution is -2.56. The molecule has 5 nitrogen and oxygen atoms in total. The Bertz CT molecular complexity index is 909. The normalized spacial score (nSPS) is 18.8. The lowest BCUT2D eigenvalue weighted by Gasteiger charge is -2.42. The van der Waals surface area contributed by atoms with Crippen molar-refractivity contribution in [1.82, 2.24) is 14.6 Å². The zero-order chi connectivity index (χ0) is 22.1. The standard InChI is InChI=1S/C23H34ClN3O2S/c1-7-15(3)27-13-16(14-27)29-21-10-9-17(18-11-22(24)25-12-19(18)21)20(8-2)26-30(28)23(4,5)6/h9-12,15-16,20,26H,7-8,13-14H2,1-6H3/t15?,20-,30?/m1/s1. The molecule has 2 aromatic rings. The van der Waals surface area contributed by atoms with Crippen LogP contribution in [0.1, 0.15) is 66.0 Å². The molecule has 0 bridgehead atoms. The Labute approximate surface area is 188 Å². The molecule has 0 spiro atoms. The number of nitrogens with zero attached hydrogens (tertiary/aromatic N) is 2. The predicted molar refractivity (Wildman–Crippen MR) is 127 cm³/mol. The Morgan fingerprint density at radius 1 is 1.27 bits per heavy atom. The molecule has 1 N–H and O–H groups in total. The van der Waals surface area contributed by atoms with Gasteiger partial charge in [0, 0.05) is 36.8 Å². The maximum absolute atomic E-state index is 12.7. The van der Waals surface area contributed by atoms with Crippen LogP contribution in [0.2, 0.25) is 5.15 Å². The lowest BCUT2D eigenvalue weighted by atomic mass is 9.98. The van der Waals surface area contributed by atoms with Gasteiger partial charge in [0.05, 0.1) is 15.7 Å². The van der Waals surface area contributed by atoms with E-state index >= 15 is 0 Å². The second kappa shape index (κ2) is 9.51. The summed E-state index contributed by atoms with van der Waals surface area (Å²) in [5, 5.41) is 2.39. The van der Waals surface area contributed by atoms with Crippen LogP contribution < -0.4 is 9.46 Å². The molecule has 1 aliphatic rings. The highest BCUT2D eigenvalue weighted by Crippen LogP contribution is 2.35. The number of ether oxygens (including phenoxy) is 1. The van der Waals surface area contributed by atoms with Crippen molar-refractivity contribution in [3.8, 4) is 5.75 Å². The number of likely N-dealkylation sites (tertiary alicyclic amines) is 1. The number of benzene rings is 1. The van der Waals surface area contributed by atoms with E-state index in [9.17, 15) is 4.21 Å². The molecule has 2 heterocycles. The number of rotatable bonds is 8. The van der Waals surface area contributed by atoms with Gasteiger partial charge in [0.15, 0.2) is 0 Å². The highest BCUT2D eigenvalue weighted by Gasteiger charge is 2.32. The Morgan fingerprint density at radius 2 is 1.97 bits per heavy atom. The maximum atomic E-state index is 12.7. The number of hydrogen-bond donors (Lipinski definition) is 1. The fourth-order valence-corrected chi connectivity index (χ4v) is 4.69. The number of hydrogen-bond acceptors (Lipinski definition) is 4. The molecular formula is C23H34ClN3O2S. The molecule has 3 atom stereocenters. The molecule has 1 aromatic heterocycles. The molecule has 1 aliphatic heterocycles. The monoisotopic (exact) mass is 451 g/mol. The van der Waals surface area contributed by atoms with Crippen molar-refractivity contribution in [2.75, 3.05) is 13.1 Å². The van der Waals surface area contributed by atoms with Crippen LogP contribution in [0.25, 0.3) is 10.8 Å². The van der Waals surface area contributed by atoms with Crippen molar-refractivity contribution >= 4 is 33.4 Å². The Hall–Kier alpha value is -1.21. The number of aromatic nitrogens is 1. The molecule has 0 aliphatic carbocycles. The van der Waals surface area contributed by atoms with Crippen LogP contribution in [-0.4, -0.2) is 44.1 Å². The van der Waals surface area contributed by atoms with Crippen LogP contribution in [0.4, 0.5) is 0 Å². The lowest BCUT2D eigenvalue weighted by molar-refractivity contribution is -0.00453. The molecule has 166 valence electrons. The third-order valence-electron chi connectivity index (χ3n) is 5.83. The third kappa shape index (κ3) is 5.16. The summed E-state index contributed by atoms with van der Waals surface area (Å²) in [7, 11) is -1.17. The largest absolute Gasteiger partial charge is 0.487 e. The molecule has 1 aromatic carbocycles. The summed E-state index contributed by atoms with van der Waals surface area (Å²) < 4.78 is 22.0. The van der Waals surface area contributed by atoms with Crippen LogP contribution >= 0.6 is 11.6 Å². The summed E-state index contributed by atoms with van der Waals surface area (Å²) in [5.41, 5.74) is 1.07. The zero-order valence-corrected chi connectivity index (χ0v) is 20.4. The van der Waals surface area contributed by atoms with Crippen LogP contribution in [0, 0.1) is 0 Å². The number of pyridine rings is 1. The van der Waals surface area contributed by atoms with E-state index in [1.165, 1.54) is 0 Å². The summed E-state index contributed by atoms with van der Waals surface area (Å²) in [6.07, 6.45) is 3.93. The molecule has 2 unspecified atom stereocenters. The Balaban J connectivity index is 1.88. The molecule has 0 radical (unpaired) electrons. The van der Waals surface area contributed by atoms with Crippen molar-refractivity contribution in [3.05, 3.63) is 35.1 Å². The Morgan fingerprint density at radius 3 is 2.57 bits per heavy atom. The van der Waals surface area contributed by atoms with E-state index in [2.05, 4.69) is 41.4 Å². The first-order valence-corrected chi connectivity index (χ1v) is 12.3. The van der Waals surface area contributed by atoms with Crippen molar-refractivity contribution in [3.63, 3.8) is 0 Å². The topological polar surface area (TPSA) is 54.5 Å². The van der Waals surface area contributed by atoms with Gasteiger partial charge in [-0.2, -0.15) is 0 Å².